The second-order valence-electron chi connectivity index (χ2n) is 19.6. The number of hydrogen-bond acceptors (Lipinski definition) is 15. The fraction of sp³-hybridized carbons (Fsp3) is 0.393. The van der Waals surface area contributed by atoms with Gasteiger partial charge in [-0.1, -0.05) is 67.6 Å². The number of piperidine rings is 1. The summed E-state index contributed by atoms with van der Waals surface area (Å²) in [5.74, 6) is -0.728. The van der Waals surface area contributed by atoms with Crippen LogP contribution in [0.2, 0.25) is 0 Å². The molecule has 2 fully saturated rings. The minimum atomic E-state index is -0.679. The van der Waals surface area contributed by atoms with Gasteiger partial charge in [-0.2, -0.15) is 5.10 Å². The van der Waals surface area contributed by atoms with Gasteiger partial charge in [-0.15, -0.1) is 0 Å². The summed E-state index contributed by atoms with van der Waals surface area (Å²) in [7, 11) is 0. The number of hydrogen-bond donors (Lipinski definition) is 4. The van der Waals surface area contributed by atoms with Crippen molar-refractivity contribution >= 4 is 68.2 Å². The first-order valence-electron chi connectivity index (χ1n) is 25.8. The van der Waals surface area contributed by atoms with Crippen LogP contribution in [0.25, 0.3) is 33.2 Å². The number of benzene rings is 3. The monoisotopic (exact) mass is 1130 g/mol. The maximum atomic E-state index is 14.1. The van der Waals surface area contributed by atoms with E-state index in [0.29, 0.717) is 39.1 Å². The minimum absolute atomic E-state index is 0.0165. The van der Waals surface area contributed by atoms with Crippen LogP contribution in [0.15, 0.2) is 95.9 Å². The Morgan fingerprint density at radius 3 is 2.06 bits per heavy atom. The Bertz CT molecular complexity index is 3150. The van der Waals surface area contributed by atoms with Crippen molar-refractivity contribution in [1.82, 2.24) is 45.6 Å². The number of nitrogens with zero attached hydrogens (tertiary/aromatic N) is 6. The number of aryl methyl sites for hydroxylation is 1. The summed E-state index contributed by atoms with van der Waals surface area (Å²) < 4.78 is 29.4. The third-order valence-corrected chi connectivity index (χ3v) is 14.5. The van der Waals surface area contributed by atoms with Crippen molar-refractivity contribution in [3.8, 4) is 22.3 Å². The summed E-state index contributed by atoms with van der Waals surface area (Å²) in [6.07, 6.45) is 4.06. The van der Waals surface area contributed by atoms with Gasteiger partial charge in [0.05, 0.1) is 51.7 Å². The molecule has 3 atom stereocenters. The number of Topliss-reactive ketones (excluding diaryl/α,β-unsaturated/α-hetero) is 1. The van der Waals surface area contributed by atoms with E-state index in [4.69, 9.17) is 23.7 Å². The summed E-state index contributed by atoms with van der Waals surface area (Å²) >= 11 is 3.36. The second kappa shape index (κ2) is 25.3. The van der Waals surface area contributed by atoms with E-state index in [1.54, 1.807) is 29.4 Å². The lowest BCUT2D eigenvalue weighted by molar-refractivity contribution is -0.138. The van der Waals surface area contributed by atoms with E-state index >= 15 is 0 Å². The number of carbonyl (C=O) groups is 6. The maximum absolute atomic E-state index is 14.1. The van der Waals surface area contributed by atoms with Crippen LogP contribution in [0.3, 0.4) is 0 Å². The number of ether oxygens (including phenoxy) is 5. The van der Waals surface area contributed by atoms with Crippen molar-refractivity contribution in [3.05, 3.63) is 124 Å². The summed E-state index contributed by atoms with van der Waals surface area (Å²) in [5.41, 5.74) is 7.44. The molecule has 3 aliphatic rings. The van der Waals surface area contributed by atoms with Crippen LogP contribution in [-0.2, 0) is 56.0 Å². The van der Waals surface area contributed by atoms with Crippen LogP contribution in [0, 0.1) is 12.3 Å². The molecule has 78 heavy (non-hydrogen) atoms. The standard InChI is InChI=1S/C56H61BrN10O11/c1-34-12-15-47(57)63-53(34)64-54(72)45-25-56(3)26-46(56)67(45)51(71)30-66-44-14-13-36(24-42(44)52(65-66)35(2)68)37-27-60-48(61-28-37)29-62-50(70)33-77-23-20-74-18-16-58-49(69)32-76-22-21-75-19-17-59-55(73)78-31-43-40-10-6-4-8-38(40)39-9-5-7-11-41(39)43/h4-15,24,27-28,43,45-46H,16-23,25-26,29-33H2,1-3H3,(H,58,69)(H,59,73)(H,62,70)(H,63,64,72)/t45-,46+,56-/m0/s1. The summed E-state index contributed by atoms with van der Waals surface area (Å²) in [6, 6.07) is 24.6. The van der Waals surface area contributed by atoms with Crippen LogP contribution >= 0.6 is 15.9 Å². The van der Waals surface area contributed by atoms with Crippen molar-refractivity contribution in [2.24, 2.45) is 5.41 Å². The summed E-state index contributed by atoms with van der Waals surface area (Å²) in [4.78, 5) is 92.4. The van der Waals surface area contributed by atoms with Gasteiger partial charge in [0.25, 0.3) is 0 Å². The molecule has 21 nitrogen and oxygen atoms in total. The first-order valence-corrected chi connectivity index (χ1v) is 26.6. The quantitative estimate of drug-likeness (QED) is 0.0296. The molecule has 2 aliphatic carbocycles. The fourth-order valence-electron chi connectivity index (χ4n) is 9.92. The fourth-order valence-corrected chi connectivity index (χ4v) is 10.2. The lowest BCUT2D eigenvalue weighted by Crippen LogP contribution is -2.47. The van der Waals surface area contributed by atoms with E-state index in [9.17, 15) is 28.8 Å². The zero-order chi connectivity index (χ0) is 54.8. The molecule has 4 heterocycles. The molecule has 3 aromatic heterocycles. The van der Waals surface area contributed by atoms with E-state index < -0.39 is 12.1 Å². The van der Waals surface area contributed by atoms with Crippen molar-refractivity contribution in [2.45, 2.75) is 64.7 Å². The molecular weight excluding hydrogens is 1070 g/mol. The van der Waals surface area contributed by atoms with E-state index in [2.05, 4.69) is 88.4 Å². The largest absolute Gasteiger partial charge is 0.449 e. The number of alkyl carbamates (subject to hydrolysis) is 1. The summed E-state index contributed by atoms with van der Waals surface area (Å²) in [5, 5.41) is 16.2. The van der Waals surface area contributed by atoms with Crippen LogP contribution in [0.5, 0.6) is 0 Å². The number of likely N-dealkylation sites (tertiary alicyclic amines) is 1. The van der Waals surface area contributed by atoms with Gasteiger partial charge in [0.15, 0.2) is 5.78 Å². The van der Waals surface area contributed by atoms with Crippen molar-refractivity contribution in [3.63, 3.8) is 0 Å². The van der Waals surface area contributed by atoms with Crippen molar-refractivity contribution < 1.29 is 52.5 Å². The molecule has 408 valence electrons. The normalized spacial score (nSPS) is 17.0. The lowest BCUT2D eigenvalue weighted by Gasteiger charge is -2.27. The first kappa shape index (κ1) is 55.3. The molecule has 1 saturated heterocycles. The highest BCUT2D eigenvalue weighted by atomic mass is 79.9. The van der Waals surface area contributed by atoms with Crippen LogP contribution < -0.4 is 21.3 Å². The molecule has 0 bridgehead atoms. The van der Waals surface area contributed by atoms with Gasteiger partial charge in [-0.25, -0.2) is 19.7 Å². The molecule has 1 saturated carbocycles. The highest BCUT2D eigenvalue weighted by molar-refractivity contribution is 9.10. The third-order valence-electron chi connectivity index (χ3n) is 14.0. The Kier molecular flexibility index (Phi) is 17.9. The molecule has 0 spiro atoms. The number of anilines is 1. The smallest absolute Gasteiger partial charge is 0.407 e. The number of rotatable bonds is 26. The van der Waals surface area contributed by atoms with Gasteiger partial charge in [-0.3, -0.25) is 28.7 Å². The predicted octanol–water partition coefficient (Wildman–Crippen LogP) is 5.52. The van der Waals surface area contributed by atoms with Crippen LogP contribution in [0.1, 0.15) is 65.6 Å². The average molecular weight is 1130 g/mol. The number of ketones is 1. The van der Waals surface area contributed by atoms with Crippen molar-refractivity contribution in [2.75, 3.05) is 77.9 Å². The van der Waals surface area contributed by atoms with E-state index in [0.717, 1.165) is 39.8 Å². The SMILES string of the molecule is CC(=O)c1nn(CC(=O)N2[C@H](C(=O)Nc3nc(Br)ccc3C)C[C@@]3(C)C[C@@H]23)c2ccc(-c3cnc(CNC(=O)COCCOCCNC(=O)COCCOCCNC(=O)OCC4c5ccccc5-c5ccccc54)nc3)cc12. The van der Waals surface area contributed by atoms with Gasteiger partial charge in [0.2, 0.25) is 23.6 Å². The van der Waals surface area contributed by atoms with E-state index in [1.165, 1.54) is 11.6 Å². The number of aromatic nitrogens is 5. The molecule has 9 rings (SSSR count). The number of halogens is 1. The molecule has 22 heteroatoms. The van der Waals surface area contributed by atoms with Crippen molar-refractivity contribution in [1.29, 1.82) is 0 Å². The van der Waals surface area contributed by atoms with Gasteiger partial charge < -0.3 is 49.9 Å². The number of nitrogens with one attached hydrogen (secondary N) is 4. The Hall–Kier alpha value is -7.50. The van der Waals surface area contributed by atoms with Gasteiger partial charge in [-0.05, 0) is 92.7 Å². The minimum Gasteiger partial charge on any atom is -0.449 e. The summed E-state index contributed by atoms with van der Waals surface area (Å²) in [6.45, 7) is 6.97. The Labute approximate surface area is 458 Å². The molecular formula is C56H61BrN10O11. The molecule has 5 amide bonds. The zero-order valence-corrected chi connectivity index (χ0v) is 45.1. The second-order valence-corrected chi connectivity index (χ2v) is 20.4. The molecule has 1 aliphatic heterocycles. The Morgan fingerprint density at radius 2 is 1.38 bits per heavy atom. The molecule has 6 aromatic rings. The predicted molar refractivity (Wildman–Crippen MR) is 289 cm³/mol. The first-order chi connectivity index (χ1) is 37.8. The Balaban J connectivity index is 0.612. The number of pyridine rings is 1. The molecule has 0 radical (unpaired) electrons. The lowest BCUT2D eigenvalue weighted by atomic mass is 9.98. The van der Waals surface area contributed by atoms with E-state index in [-0.39, 0.29) is 138 Å². The number of fused-ring (bicyclic) bond motifs is 5. The van der Waals surface area contributed by atoms with Gasteiger partial charge >= 0.3 is 6.09 Å². The van der Waals surface area contributed by atoms with Gasteiger partial charge in [0, 0.05) is 55.3 Å². The van der Waals surface area contributed by atoms with Crippen LogP contribution in [-0.4, -0.2) is 150 Å². The molecule has 4 N–H and O–H groups in total. The highest BCUT2D eigenvalue weighted by Gasteiger charge is 2.64. The van der Waals surface area contributed by atoms with E-state index in [1.807, 2.05) is 49.4 Å². The highest BCUT2D eigenvalue weighted by Crippen LogP contribution is 2.59. The van der Waals surface area contributed by atoms with Gasteiger partial charge in [0.1, 0.15) is 54.3 Å². The third kappa shape index (κ3) is 13.4. The Morgan fingerprint density at radius 1 is 0.744 bits per heavy atom. The number of amides is 5. The zero-order valence-electron chi connectivity index (χ0n) is 43.6. The maximum Gasteiger partial charge on any atom is 0.407 e. The number of carbonyl (C=O) groups excluding carboxylic acids is 6. The molecule has 0 unspecified atom stereocenters. The average Bonchev–Trinajstić information content (AvgIpc) is 3.74. The van der Waals surface area contributed by atoms with Crippen LogP contribution in [0.4, 0.5) is 10.6 Å². The topological polar surface area (TPSA) is 256 Å². The molecule has 3 aromatic carbocycles.